The van der Waals surface area contributed by atoms with Gasteiger partial charge in [0.1, 0.15) is 12.1 Å². The standard InChI is InChI=1S/C32H53N3O7/c1-17(31(36)34-16-18-6-7-19(38-2)15-26(18)40-4)42-20-8-10-24-23(14-20)21-12-13-33-28-22-9-11-25(39-3)30(41-5)27(22)32(37)35(24)29(21)28/h17-30,33H,6-16H2,1-5H3,(H,34,36)/p+1/t17-,18?,19?,20?,21?,22?,23?,24?,25?,26?,27?,28?,29?,30?/m1/s1. The predicted octanol–water partition coefficient (Wildman–Crippen LogP) is 1.11. The van der Waals surface area contributed by atoms with Crippen LogP contribution in [0.2, 0.25) is 0 Å². The minimum Gasteiger partial charge on any atom is -0.381 e. The Morgan fingerprint density at radius 1 is 0.881 bits per heavy atom. The van der Waals surface area contributed by atoms with Crippen LogP contribution in [0.25, 0.3) is 0 Å². The summed E-state index contributed by atoms with van der Waals surface area (Å²) in [7, 11) is 6.98. The Morgan fingerprint density at radius 3 is 2.40 bits per heavy atom. The fourth-order valence-electron chi connectivity index (χ4n) is 10.2. The number of fused-ring (bicyclic) bond motifs is 5. The zero-order chi connectivity index (χ0) is 29.5. The van der Waals surface area contributed by atoms with Gasteiger partial charge in [-0.05, 0) is 63.7 Å². The number of quaternary nitrogens is 1. The molecule has 14 atom stereocenters. The largest absolute Gasteiger partial charge is 0.381 e. The number of carbonyl (C=O) groups is 2. The molecule has 3 aliphatic carbocycles. The van der Waals surface area contributed by atoms with Gasteiger partial charge in [-0.15, -0.1) is 0 Å². The van der Waals surface area contributed by atoms with E-state index >= 15 is 0 Å². The second kappa shape index (κ2) is 13.0. The van der Waals surface area contributed by atoms with Gasteiger partial charge in [0.15, 0.2) is 0 Å². The van der Waals surface area contributed by atoms with Crippen LogP contribution in [0, 0.1) is 29.6 Å². The van der Waals surface area contributed by atoms with Gasteiger partial charge in [-0.3, -0.25) is 9.59 Å². The van der Waals surface area contributed by atoms with Gasteiger partial charge < -0.3 is 39.2 Å². The molecule has 0 radical (unpaired) electrons. The minimum atomic E-state index is -0.503. The number of nitrogens with zero attached hydrogens (tertiary/aromatic N) is 1. The molecule has 42 heavy (non-hydrogen) atoms. The number of methoxy groups -OCH3 is 4. The zero-order valence-corrected chi connectivity index (χ0v) is 26.2. The molecule has 10 nitrogen and oxygen atoms in total. The summed E-state index contributed by atoms with van der Waals surface area (Å²) in [6.07, 6.45) is 8.39. The summed E-state index contributed by atoms with van der Waals surface area (Å²) in [4.78, 5) is 29.7. The highest BCUT2D eigenvalue weighted by Gasteiger charge is 2.66. The van der Waals surface area contributed by atoms with Crippen LogP contribution in [-0.4, -0.2) is 113 Å². The van der Waals surface area contributed by atoms with Crippen molar-refractivity contribution in [2.75, 3.05) is 41.5 Å². The van der Waals surface area contributed by atoms with Gasteiger partial charge in [-0.25, -0.2) is 0 Å². The van der Waals surface area contributed by atoms with Crippen molar-refractivity contribution in [3.63, 3.8) is 0 Å². The average Bonchev–Trinajstić information content (AvgIpc) is 3.36. The molecule has 3 saturated heterocycles. The number of piperidine rings is 2. The Labute approximate surface area is 251 Å². The van der Waals surface area contributed by atoms with Gasteiger partial charge in [-0.1, -0.05) is 0 Å². The van der Waals surface area contributed by atoms with Crippen molar-refractivity contribution >= 4 is 11.8 Å². The molecular formula is C32H54N3O7+. The van der Waals surface area contributed by atoms with Crippen molar-refractivity contribution in [2.45, 2.75) is 119 Å². The average molecular weight is 593 g/mol. The third-order valence-corrected chi connectivity index (χ3v) is 12.2. The summed E-state index contributed by atoms with van der Waals surface area (Å²) >= 11 is 0. The third-order valence-electron chi connectivity index (χ3n) is 12.2. The molecule has 3 N–H and O–H groups in total. The van der Waals surface area contributed by atoms with Gasteiger partial charge in [0.05, 0.1) is 49.0 Å². The van der Waals surface area contributed by atoms with E-state index in [0.29, 0.717) is 42.3 Å². The van der Waals surface area contributed by atoms with E-state index in [4.69, 9.17) is 23.7 Å². The number of carbonyl (C=O) groups excluding carboxylic acids is 2. The van der Waals surface area contributed by atoms with Crippen LogP contribution >= 0.6 is 0 Å². The van der Waals surface area contributed by atoms with Crippen molar-refractivity contribution in [1.29, 1.82) is 0 Å². The fourth-order valence-corrected chi connectivity index (χ4v) is 10.2. The molecule has 3 saturated carbocycles. The molecule has 6 aliphatic rings. The van der Waals surface area contributed by atoms with Crippen molar-refractivity contribution in [1.82, 2.24) is 10.2 Å². The molecule has 13 unspecified atom stereocenters. The number of nitrogens with one attached hydrogen (secondary N) is 1. The molecule has 3 heterocycles. The monoisotopic (exact) mass is 592 g/mol. The first-order valence-electron chi connectivity index (χ1n) is 16.6. The number of hydrogen-bond donors (Lipinski definition) is 2. The Hall–Kier alpha value is -1.30. The Balaban J connectivity index is 1.08. The molecule has 0 bridgehead atoms. The van der Waals surface area contributed by atoms with Gasteiger partial charge in [0.25, 0.3) is 0 Å². The minimum absolute atomic E-state index is 0.0212. The van der Waals surface area contributed by atoms with Crippen molar-refractivity contribution in [3.8, 4) is 0 Å². The second-order valence-electron chi connectivity index (χ2n) is 13.9. The molecule has 238 valence electrons. The van der Waals surface area contributed by atoms with E-state index in [1.165, 1.54) is 0 Å². The van der Waals surface area contributed by atoms with Crippen LogP contribution in [0.3, 0.4) is 0 Å². The van der Waals surface area contributed by atoms with Gasteiger partial charge >= 0.3 is 0 Å². The lowest BCUT2D eigenvalue weighted by Crippen LogP contribution is -2.99. The van der Waals surface area contributed by atoms with Crippen molar-refractivity contribution in [3.05, 3.63) is 0 Å². The molecule has 0 aromatic rings. The van der Waals surface area contributed by atoms with Crippen LogP contribution in [0.1, 0.15) is 64.7 Å². The summed E-state index contributed by atoms with van der Waals surface area (Å²) in [5, 5.41) is 5.68. The van der Waals surface area contributed by atoms with Crippen LogP contribution in [-0.2, 0) is 33.3 Å². The molecule has 0 spiro atoms. The SMILES string of the molecule is COC1CCC(CNC(=O)[C@@H](C)OC2CCC3C(C2)C2CC[NH2+]C4C5CCC(OC)C(OC)C5C(=O)N3C24)C(OC)C1. The quantitative estimate of drug-likeness (QED) is 0.413. The summed E-state index contributed by atoms with van der Waals surface area (Å²) in [5.74, 6) is 1.71. The number of ether oxygens (including phenoxy) is 5. The molecular weight excluding hydrogens is 538 g/mol. The zero-order valence-electron chi connectivity index (χ0n) is 26.2. The third kappa shape index (κ3) is 5.42. The highest BCUT2D eigenvalue weighted by molar-refractivity contribution is 5.82. The summed E-state index contributed by atoms with van der Waals surface area (Å²) < 4.78 is 29.5. The topological polar surface area (TPSA) is 112 Å². The lowest BCUT2D eigenvalue weighted by Gasteiger charge is -2.53. The van der Waals surface area contributed by atoms with Gasteiger partial charge in [0, 0.05) is 65.7 Å². The highest BCUT2D eigenvalue weighted by atomic mass is 16.5. The van der Waals surface area contributed by atoms with Crippen LogP contribution in [0.15, 0.2) is 0 Å². The normalized spacial score (nSPS) is 45.5. The molecule has 0 aromatic heterocycles. The first-order valence-corrected chi connectivity index (χ1v) is 16.6. The van der Waals surface area contributed by atoms with Crippen LogP contribution < -0.4 is 10.6 Å². The smallest absolute Gasteiger partial charge is 0.248 e. The summed E-state index contributed by atoms with van der Waals surface area (Å²) in [6, 6.07) is 1.01. The maximum absolute atomic E-state index is 14.3. The van der Waals surface area contributed by atoms with E-state index < -0.39 is 6.10 Å². The van der Waals surface area contributed by atoms with E-state index in [1.807, 2.05) is 6.92 Å². The van der Waals surface area contributed by atoms with Gasteiger partial charge in [-0.2, -0.15) is 0 Å². The summed E-state index contributed by atoms with van der Waals surface area (Å²) in [5.41, 5.74) is 0. The van der Waals surface area contributed by atoms with E-state index in [9.17, 15) is 9.59 Å². The van der Waals surface area contributed by atoms with E-state index in [2.05, 4.69) is 15.5 Å². The number of nitrogens with two attached hydrogens (primary N) is 1. The Bertz CT molecular complexity index is 968. The molecule has 6 fully saturated rings. The van der Waals surface area contributed by atoms with Crippen molar-refractivity contribution < 1.29 is 38.6 Å². The molecule has 0 aromatic carbocycles. The maximum Gasteiger partial charge on any atom is 0.248 e. The molecule has 3 aliphatic heterocycles. The van der Waals surface area contributed by atoms with Gasteiger partial charge in [0.2, 0.25) is 11.8 Å². The number of amides is 2. The predicted molar refractivity (Wildman–Crippen MR) is 155 cm³/mol. The number of hydrogen-bond acceptors (Lipinski definition) is 7. The second-order valence-corrected chi connectivity index (χ2v) is 13.9. The number of rotatable bonds is 9. The van der Waals surface area contributed by atoms with Crippen LogP contribution in [0.5, 0.6) is 0 Å². The Kier molecular flexibility index (Phi) is 9.49. The molecule has 10 heteroatoms. The highest BCUT2D eigenvalue weighted by Crippen LogP contribution is 2.53. The van der Waals surface area contributed by atoms with E-state index in [1.54, 1.807) is 28.4 Å². The Morgan fingerprint density at radius 2 is 1.67 bits per heavy atom. The molecule has 6 rings (SSSR count). The first kappa shape index (κ1) is 30.7. The lowest BCUT2D eigenvalue weighted by molar-refractivity contribution is -0.713. The lowest BCUT2D eigenvalue weighted by atomic mass is 9.64. The first-order chi connectivity index (χ1) is 20.4. The van der Waals surface area contributed by atoms with Crippen LogP contribution in [0.4, 0.5) is 0 Å². The summed E-state index contributed by atoms with van der Waals surface area (Å²) in [6.45, 7) is 3.60. The molecule has 2 amide bonds. The van der Waals surface area contributed by atoms with Crippen molar-refractivity contribution in [2.24, 2.45) is 29.6 Å². The fraction of sp³-hybridized carbons (Fsp3) is 0.938. The maximum atomic E-state index is 14.3. The van der Waals surface area contributed by atoms with E-state index in [-0.39, 0.29) is 54.3 Å². The van der Waals surface area contributed by atoms with E-state index in [0.717, 1.165) is 64.3 Å².